The summed E-state index contributed by atoms with van der Waals surface area (Å²) in [7, 11) is -2.58. The Labute approximate surface area is 167 Å². The van der Waals surface area contributed by atoms with Crippen molar-refractivity contribution in [2.45, 2.75) is 36.1 Å². The second-order valence-electron chi connectivity index (χ2n) is 6.97. The summed E-state index contributed by atoms with van der Waals surface area (Å²) in [6, 6.07) is 9.47. The molecule has 1 saturated carbocycles. The highest BCUT2D eigenvalue weighted by molar-refractivity contribution is 7.89. The topological polar surface area (TPSA) is 111 Å². The van der Waals surface area contributed by atoms with Crippen molar-refractivity contribution in [2.75, 3.05) is 12.4 Å². The molecule has 2 atom stereocenters. The number of para-hydroxylation sites is 1. The van der Waals surface area contributed by atoms with Gasteiger partial charge in [0.25, 0.3) is 10.0 Å². The summed E-state index contributed by atoms with van der Waals surface area (Å²) in [5.74, 6) is -4.57. The summed E-state index contributed by atoms with van der Waals surface area (Å²) in [4.78, 5) is 16.6. The summed E-state index contributed by atoms with van der Waals surface area (Å²) in [5, 5.41) is 7.15. The molecule has 1 amide bonds. The van der Waals surface area contributed by atoms with E-state index in [1.165, 1.54) is 19.4 Å². The number of carbonyl (C=O) groups is 1. The molecule has 2 unspecified atom stereocenters. The predicted octanol–water partition coefficient (Wildman–Crippen LogP) is 2.90. The molecule has 1 heterocycles. The van der Waals surface area contributed by atoms with Crippen molar-refractivity contribution >= 4 is 21.6 Å². The van der Waals surface area contributed by atoms with Crippen molar-refractivity contribution in [1.29, 1.82) is 0 Å². The fourth-order valence-electron chi connectivity index (χ4n) is 3.63. The molecule has 1 aromatic heterocycles. The van der Waals surface area contributed by atoms with E-state index in [0.717, 1.165) is 6.07 Å². The Hall–Kier alpha value is -2.59. The Morgan fingerprint density at radius 1 is 1.31 bits per heavy atom. The molecule has 3 N–H and O–H groups in total. The van der Waals surface area contributed by atoms with Crippen LogP contribution < -0.4 is 15.2 Å². The molecule has 0 aliphatic heterocycles. The number of alkyl halides is 2. The normalized spacial score (nSPS) is 21.4. The van der Waals surface area contributed by atoms with Gasteiger partial charge in [-0.15, -0.1) is 0 Å². The minimum atomic E-state index is -4.07. The van der Waals surface area contributed by atoms with Gasteiger partial charge in [0.05, 0.1) is 13.0 Å². The molecule has 7 nitrogen and oxygen atoms in total. The Balaban J connectivity index is 1.91. The van der Waals surface area contributed by atoms with E-state index in [0.29, 0.717) is 11.3 Å². The molecule has 0 spiro atoms. The molecule has 0 saturated heterocycles. The van der Waals surface area contributed by atoms with Crippen molar-refractivity contribution in [3.8, 4) is 5.75 Å². The quantitative estimate of drug-likeness (QED) is 0.765. The number of ether oxygens (including phenoxy) is 1. The van der Waals surface area contributed by atoms with Crippen LogP contribution in [-0.2, 0) is 14.8 Å². The number of hydrogen-bond donors (Lipinski definition) is 2. The first-order valence-electron chi connectivity index (χ1n) is 8.91. The number of nitrogens with zero attached hydrogens (tertiary/aromatic N) is 1. The van der Waals surface area contributed by atoms with Crippen LogP contribution in [0.3, 0.4) is 0 Å². The third kappa shape index (κ3) is 4.88. The van der Waals surface area contributed by atoms with Gasteiger partial charge in [-0.1, -0.05) is 18.2 Å². The zero-order valence-electron chi connectivity index (χ0n) is 15.6. The Bertz CT molecular complexity index is 1010. The van der Waals surface area contributed by atoms with E-state index < -0.39 is 45.1 Å². The molecule has 3 rings (SSSR count). The number of amides is 1. The van der Waals surface area contributed by atoms with Crippen LogP contribution >= 0.6 is 0 Å². The van der Waals surface area contributed by atoms with E-state index in [-0.39, 0.29) is 18.5 Å². The number of primary sulfonamides is 1. The van der Waals surface area contributed by atoms with Gasteiger partial charge in [-0.2, -0.15) is 0 Å². The molecule has 29 heavy (non-hydrogen) atoms. The van der Waals surface area contributed by atoms with Crippen LogP contribution in [0.4, 0.5) is 14.5 Å². The Kier molecular flexibility index (Phi) is 5.85. The largest absolute Gasteiger partial charge is 0.496 e. The number of nitrogens with one attached hydrogen (secondary N) is 1. The third-order valence-corrected chi connectivity index (χ3v) is 5.80. The molecule has 1 aliphatic rings. The van der Waals surface area contributed by atoms with E-state index in [1.54, 1.807) is 24.3 Å². The highest BCUT2D eigenvalue weighted by atomic mass is 32.2. The number of sulfonamides is 1. The number of benzene rings is 1. The van der Waals surface area contributed by atoms with E-state index >= 15 is 0 Å². The van der Waals surface area contributed by atoms with Crippen molar-refractivity contribution in [3.63, 3.8) is 0 Å². The fourth-order valence-corrected chi connectivity index (χ4v) is 4.13. The van der Waals surface area contributed by atoms with Gasteiger partial charge in [0.2, 0.25) is 11.8 Å². The number of pyridine rings is 1. The van der Waals surface area contributed by atoms with Crippen LogP contribution in [0.5, 0.6) is 5.75 Å². The van der Waals surface area contributed by atoms with Crippen molar-refractivity contribution < 1.29 is 26.7 Å². The van der Waals surface area contributed by atoms with Crippen molar-refractivity contribution in [3.05, 3.63) is 48.2 Å². The molecule has 0 bridgehead atoms. The lowest BCUT2D eigenvalue weighted by Gasteiger charge is -2.36. The number of halogens is 2. The van der Waals surface area contributed by atoms with E-state index in [9.17, 15) is 22.0 Å². The smallest absolute Gasteiger partial charge is 0.255 e. The van der Waals surface area contributed by atoms with Gasteiger partial charge in [-0.05, 0) is 30.0 Å². The summed E-state index contributed by atoms with van der Waals surface area (Å²) in [5.41, 5.74) is 0.798. The lowest BCUT2D eigenvalue weighted by molar-refractivity contribution is -0.128. The summed E-state index contributed by atoms with van der Waals surface area (Å²) in [6.45, 7) is 0. The molecule has 10 heteroatoms. The van der Waals surface area contributed by atoms with Gasteiger partial charge in [0.15, 0.2) is 5.03 Å². The van der Waals surface area contributed by atoms with Crippen LogP contribution in [0.2, 0.25) is 0 Å². The van der Waals surface area contributed by atoms with E-state index in [4.69, 9.17) is 9.88 Å². The predicted molar refractivity (Wildman–Crippen MR) is 102 cm³/mol. The number of rotatable bonds is 5. The SMILES string of the molecule is COc1ccccc1C1CCC(F)(F)CC1C(=O)Nc1ccnc(S(N)(=O)=O)c1. The first kappa shape index (κ1) is 21.1. The first-order chi connectivity index (χ1) is 13.6. The second-order valence-corrected chi connectivity index (χ2v) is 8.48. The first-order valence-corrected chi connectivity index (χ1v) is 10.5. The number of anilines is 1. The van der Waals surface area contributed by atoms with Crippen LogP contribution in [0, 0.1) is 5.92 Å². The Morgan fingerprint density at radius 2 is 2.03 bits per heavy atom. The van der Waals surface area contributed by atoms with Crippen molar-refractivity contribution in [2.24, 2.45) is 11.1 Å². The number of aromatic nitrogens is 1. The molecular formula is C19H21F2N3O4S. The van der Waals surface area contributed by atoms with Crippen LogP contribution in [0.25, 0.3) is 0 Å². The Morgan fingerprint density at radius 3 is 2.72 bits per heavy atom. The summed E-state index contributed by atoms with van der Waals surface area (Å²) >= 11 is 0. The van der Waals surface area contributed by atoms with Gasteiger partial charge in [-0.3, -0.25) is 4.79 Å². The van der Waals surface area contributed by atoms with Gasteiger partial charge in [-0.25, -0.2) is 27.3 Å². The third-order valence-electron chi connectivity index (χ3n) is 4.99. The fraction of sp³-hybridized carbons (Fsp3) is 0.368. The summed E-state index contributed by atoms with van der Waals surface area (Å²) in [6.07, 6.45) is 0.339. The lowest BCUT2D eigenvalue weighted by Crippen LogP contribution is -2.38. The van der Waals surface area contributed by atoms with Crippen molar-refractivity contribution in [1.82, 2.24) is 4.98 Å². The maximum Gasteiger partial charge on any atom is 0.255 e. The van der Waals surface area contributed by atoms with Gasteiger partial charge in [0.1, 0.15) is 5.75 Å². The zero-order valence-corrected chi connectivity index (χ0v) is 16.5. The van der Waals surface area contributed by atoms with Crippen LogP contribution in [-0.4, -0.2) is 32.3 Å². The number of carbonyl (C=O) groups excluding carboxylic acids is 1. The zero-order chi connectivity index (χ0) is 21.2. The van der Waals surface area contributed by atoms with Gasteiger partial charge >= 0.3 is 0 Å². The second kappa shape index (κ2) is 8.03. The molecule has 0 radical (unpaired) electrons. The number of nitrogens with two attached hydrogens (primary N) is 1. The maximum atomic E-state index is 14.1. The summed E-state index contributed by atoms with van der Waals surface area (Å²) < 4.78 is 56.5. The van der Waals surface area contributed by atoms with Crippen LogP contribution in [0.1, 0.15) is 30.7 Å². The molecular weight excluding hydrogens is 404 g/mol. The highest BCUT2D eigenvalue weighted by Crippen LogP contribution is 2.47. The monoisotopic (exact) mass is 425 g/mol. The van der Waals surface area contributed by atoms with Gasteiger partial charge in [0, 0.05) is 30.8 Å². The average Bonchev–Trinajstić information content (AvgIpc) is 2.67. The number of hydrogen-bond acceptors (Lipinski definition) is 5. The highest BCUT2D eigenvalue weighted by Gasteiger charge is 2.45. The maximum absolute atomic E-state index is 14.1. The number of methoxy groups -OCH3 is 1. The molecule has 2 aromatic rings. The van der Waals surface area contributed by atoms with Gasteiger partial charge < -0.3 is 10.1 Å². The minimum Gasteiger partial charge on any atom is -0.496 e. The van der Waals surface area contributed by atoms with E-state index in [1.807, 2.05) is 0 Å². The lowest BCUT2D eigenvalue weighted by atomic mass is 9.73. The minimum absolute atomic E-state index is 0.113. The molecule has 1 fully saturated rings. The van der Waals surface area contributed by atoms with E-state index in [2.05, 4.69) is 10.3 Å². The molecule has 156 valence electrons. The standard InChI is InChI=1S/C19H21F2N3O4S/c1-28-16-5-3-2-4-14(16)13-6-8-19(20,21)11-15(13)18(25)24-12-7-9-23-17(10-12)29(22,26)27/h2-5,7,9-10,13,15H,6,8,11H2,1H3,(H2,22,26,27)(H,23,24,25). The molecule has 1 aliphatic carbocycles. The molecule has 1 aromatic carbocycles. The average molecular weight is 425 g/mol. The van der Waals surface area contributed by atoms with Crippen LogP contribution in [0.15, 0.2) is 47.6 Å².